The maximum Gasteiger partial charge on any atom is 1.00 e. The molecule has 0 rings (SSSR count). The molecule has 0 saturated carbocycles. The molecule has 2 N–H and O–H groups in total. The van der Waals surface area contributed by atoms with Gasteiger partial charge in [-0.15, -0.1) is 0 Å². The van der Waals surface area contributed by atoms with Crippen molar-refractivity contribution in [2.45, 2.75) is 181 Å². The minimum atomic E-state index is -0.659. The van der Waals surface area contributed by atoms with Crippen molar-refractivity contribution in [3.8, 4) is 0 Å². The van der Waals surface area contributed by atoms with Gasteiger partial charge in [0.25, 0.3) is 0 Å². The summed E-state index contributed by atoms with van der Waals surface area (Å²) >= 11 is 0. The maximum absolute atomic E-state index is 10.3. The van der Waals surface area contributed by atoms with Crippen molar-refractivity contribution < 1.29 is 72.6 Å². The van der Waals surface area contributed by atoms with Gasteiger partial charge in [0.05, 0.1) is 0 Å². The van der Waals surface area contributed by atoms with Gasteiger partial charge < -0.3 is 11.6 Å². The van der Waals surface area contributed by atoms with Gasteiger partial charge in [-0.2, -0.15) is 0 Å². The summed E-state index contributed by atoms with van der Waals surface area (Å²) in [5.41, 5.74) is 0. The van der Waals surface area contributed by atoms with Crippen molar-refractivity contribution in [1.82, 2.24) is 0 Å². The molecule has 0 radical (unpaired) electrons. The predicted molar refractivity (Wildman–Crippen MR) is 148 cm³/mol. The molecule has 0 atom stereocenters. The molecule has 0 heterocycles. The van der Waals surface area contributed by atoms with Crippen LogP contribution >= 0.6 is 0 Å². The molecule has 0 spiro atoms. The van der Waals surface area contributed by atoms with Crippen molar-refractivity contribution in [3.63, 3.8) is 0 Å². The number of aliphatic carboxylic acids is 2. The molecule has 0 unspecified atom stereocenters. The van der Waals surface area contributed by atoms with E-state index in [-0.39, 0.29) is 52.8 Å². The van der Waals surface area contributed by atoms with Gasteiger partial charge >= 0.3 is 63.3 Å². The minimum Gasteiger partial charge on any atom is -1.00 e. The fourth-order valence-corrected chi connectivity index (χ4v) is 4.23. The third-order valence-corrected chi connectivity index (χ3v) is 6.49. The molecule has 4 nitrogen and oxygen atoms in total. The van der Waals surface area contributed by atoms with E-state index in [1.807, 2.05) is 0 Å². The van der Waals surface area contributed by atoms with Crippen molar-refractivity contribution >= 4 is 11.9 Å². The number of hydrogen-bond acceptors (Lipinski definition) is 2. The number of hydrogen-bond donors (Lipinski definition) is 2. The molecule has 35 heavy (non-hydrogen) atoms. The molecule has 0 amide bonds. The SMILES string of the molecule is CCCCCCCCCCCC(=O)O.CCCCCCCCCCCCCCCCCC(=O)O.[H-].[K+]. The molecule has 206 valence electrons. The summed E-state index contributed by atoms with van der Waals surface area (Å²) in [5, 5.41) is 16.9. The van der Waals surface area contributed by atoms with Crippen LogP contribution in [-0.4, -0.2) is 22.2 Å². The van der Waals surface area contributed by atoms with Gasteiger partial charge in [-0.1, -0.05) is 155 Å². The Morgan fingerprint density at radius 2 is 0.571 bits per heavy atom. The summed E-state index contributed by atoms with van der Waals surface area (Å²) in [4.78, 5) is 20.5. The normalized spacial score (nSPS) is 10.3. The first-order chi connectivity index (χ1) is 16.5. The summed E-state index contributed by atoms with van der Waals surface area (Å²) in [6.45, 7) is 4.50. The van der Waals surface area contributed by atoms with Crippen molar-refractivity contribution in [1.29, 1.82) is 0 Å². The van der Waals surface area contributed by atoms with E-state index in [1.54, 1.807) is 0 Å². The molecule has 0 aliphatic rings. The quantitative estimate of drug-likeness (QED) is 0.0910. The Morgan fingerprint density at radius 3 is 0.743 bits per heavy atom. The van der Waals surface area contributed by atoms with E-state index in [2.05, 4.69) is 13.8 Å². The van der Waals surface area contributed by atoms with Crippen LogP contribution < -0.4 is 51.4 Å². The zero-order valence-corrected chi connectivity index (χ0v) is 27.2. The van der Waals surface area contributed by atoms with E-state index in [4.69, 9.17) is 10.2 Å². The zero-order chi connectivity index (χ0) is 25.5. The molecule has 0 aliphatic heterocycles. The van der Waals surface area contributed by atoms with E-state index in [0.717, 1.165) is 25.7 Å². The van der Waals surface area contributed by atoms with Crippen LogP contribution in [0.4, 0.5) is 0 Å². The third-order valence-electron chi connectivity index (χ3n) is 6.49. The first kappa shape index (κ1) is 40.1. The van der Waals surface area contributed by atoms with Crippen molar-refractivity contribution in [3.05, 3.63) is 0 Å². The first-order valence-corrected chi connectivity index (χ1v) is 15.0. The van der Waals surface area contributed by atoms with E-state index >= 15 is 0 Å². The van der Waals surface area contributed by atoms with Crippen LogP contribution in [0.1, 0.15) is 182 Å². The molecular formula is C30H61KO4. The molecule has 0 aromatic carbocycles. The third kappa shape index (κ3) is 44.9. The Bertz CT molecular complexity index is 422. The van der Waals surface area contributed by atoms with E-state index in [0.29, 0.717) is 12.8 Å². The second kappa shape index (κ2) is 36.7. The monoisotopic (exact) mass is 524 g/mol. The van der Waals surface area contributed by atoms with E-state index in [9.17, 15) is 9.59 Å². The van der Waals surface area contributed by atoms with Crippen LogP contribution in [0.5, 0.6) is 0 Å². The van der Waals surface area contributed by atoms with Gasteiger partial charge in [0, 0.05) is 12.8 Å². The van der Waals surface area contributed by atoms with Gasteiger partial charge in [0.1, 0.15) is 0 Å². The summed E-state index contributed by atoms with van der Waals surface area (Å²) in [5.74, 6) is -1.31. The average molecular weight is 525 g/mol. The zero-order valence-electron chi connectivity index (χ0n) is 25.1. The standard InChI is InChI=1S/C18H36O2.C12H24O2.K.H/c1-2-3-4-5-6-7-8-9-10-11-12-13-14-15-16-17-18(19)20;1-2-3-4-5-6-7-8-9-10-11-12(13)14;;/h2-17H2,1H3,(H,19,20);2-11H2,1H3,(H,13,14);;/q;;+1;-1. The topological polar surface area (TPSA) is 74.6 Å². The summed E-state index contributed by atoms with van der Waals surface area (Å²) in [6.07, 6.45) is 31.7. The fourth-order valence-electron chi connectivity index (χ4n) is 4.23. The largest absolute Gasteiger partial charge is 1.00 e. The van der Waals surface area contributed by atoms with Crippen LogP contribution in [-0.2, 0) is 9.59 Å². The smallest absolute Gasteiger partial charge is 1.00 e. The van der Waals surface area contributed by atoms with Crippen LogP contribution in [0, 0.1) is 0 Å². The fraction of sp³-hybridized carbons (Fsp3) is 0.933. The number of carboxylic acids is 2. The Morgan fingerprint density at radius 1 is 0.400 bits per heavy atom. The molecule has 0 saturated heterocycles. The molecular weight excluding hydrogens is 463 g/mol. The summed E-state index contributed by atoms with van der Waals surface area (Å²) in [7, 11) is 0. The van der Waals surface area contributed by atoms with Gasteiger partial charge in [-0.3, -0.25) is 9.59 Å². The van der Waals surface area contributed by atoms with Crippen LogP contribution in [0.15, 0.2) is 0 Å². The van der Waals surface area contributed by atoms with Crippen LogP contribution in [0.3, 0.4) is 0 Å². The summed E-state index contributed by atoms with van der Waals surface area (Å²) in [6, 6.07) is 0. The molecule has 0 aliphatic carbocycles. The van der Waals surface area contributed by atoms with Gasteiger partial charge in [0.15, 0.2) is 0 Å². The number of unbranched alkanes of at least 4 members (excludes halogenated alkanes) is 22. The second-order valence-corrected chi connectivity index (χ2v) is 10.1. The van der Waals surface area contributed by atoms with Crippen molar-refractivity contribution in [2.75, 3.05) is 0 Å². The van der Waals surface area contributed by atoms with Gasteiger partial charge in [0.2, 0.25) is 0 Å². The number of rotatable bonds is 26. The minimum absolute atomic E-state index is 0. The Balaban J connectivity index is -0.000000285. The first-order valence-electron chi connectivity index (χ1n) is 15.0. The maximum atomic E-state index is 10.3. The van der Waals surface area contributed by atoms with Crippen LogP contribution in [0.2, 0.25) is 0 Å². The molecule has 0 bridgehead atoms. The molecule has 0 aromatic rings. The molecule has 5 heteroatoms. The molecule has 0 fully saturated rings. The van der Waals surface area contributed by atoms with Crippen LogP contribution in [0.25, 0.3) is 0 Å². The number of carboxylic acid groups (broad SMARTS) is 2. The molecule has 0 aromatic heterocycles. The van der Waals surface area contributed by atoms with Crippen molar-refractivity contribution in [2.24, 2.45) is 0 Å². The van der Waals surface area contributed by atoms with Gasteiger partial charge in [-0.05, 0) is 12.8 Å². The predicted octanol–water partition coefficient (Wildman–Crippen LogP) is 7.44. The van der Waals surface area contributed by atoms with E-state index < -0.39 is 11.9 Å². The average Bonchev–Trinajstić information content (AvgIpc) is 2.80. The number of carbonyl (C=O) groups is 2. The Hall–Kier alpha value is 0.576. The Kier molecular flexibility index (Phi) is 42.1. The van der Waals surface area contributed by atoms with E-state index in [1.165, 1.54) is 128 Å². The Labute approximate surface area is 263 Å². The van der Waals surface area contributed by atoms with Gasteiger partial charge in [-0.25, -0.2) is 0 Å². The second-order valence-electron chi connectivity index (χ2n) is 10.1. The summed E-state index contributed by atoms with van der Waals surface area (Å²) < 4.78 is 0.